The Balaban J connectivity index is 0.000000517. The predicted molar refractivity (Wildman–Crippen MR) is 104 cm³/mol. The summed E-state index contributed by atoms with van der Waals surface area (Å²) in [5.74, 6) is -1.73. The molecule has 0 saturated carbocycles. The highest BCUT2D eigenvalue weighted by molar-refractivity contribution is 7.79. The van der Waals surface area contributed by atoms with Gasteiger partial charge < -0.3 is 5.11 Å². The van der Waals surface area contributed by atoms with E-state index in [0.29, 0.717) is 6.07 Å². The Morgan fingerprint density at radius 3 is 1.33 bits per heavy atom. The molecular weight excluding hydrogens is 486 g/mol. The number of aryl methyl sites for hydroxylation is 2. The molecule has 14 heteroatoms. The Kier molecular flexibility index (Phi) is 10.2. The molecular formula is C19H18F6O7S. The number of carboxylic acids is 1. The van der Waals surface area contributed by atoms with Gasteiger partial charge in [0, 0.05) is 5.56 Å². The highest BCUT2D eigenvalue weighted by Gasteiger charge is 2.33. The number of Topliss-reactive ketones (excluding diaryl/α,β-unsaturated/α-hetero) is 1. The van der Waals surface area contributed by atoms with Crippen molar-refractivity contribution in [1.29, 1.82) is 0 Å². The number of hydrogen-bond donors (Lipinski definition) is 3. The molecule has 0 amide bonds. The lowest BCUT2D eigenvalue weighted by Crippen LogP contribution is -2.09. The van der Waals surface area contributed by atoms with Crippen molar-refractivity contribution in [2.75, 3.05) is 0 Å². The molecule has 0 bridgehead atoms. The molecule has 0 unspecified atom stereocenters. The van der Waals surface area contributed by atoms with E-state index in [-0.39, 0.29) is 28.0 Å². The van der Waals surface area contributed by atoms with Crippen molar-refractivity contribution in [1.82, 2.24) is 0 Å². The molecule has 7 nitrogen and oxygen atoms in total. The first-order chi connectivity index (χ1) is 14.6. The Morgan fingerprint density at radius 2 is 1.06 bits per heavy atom. The standard InChI is InChI=1S/C10H9F3O.C9H7F3O2.H2O4S/c1-6-3-4-8(7(2)14)5-9(6)10(11,12)13;1-5-2-3-6(8(13)14)4-7(5)9(10,11)12;1-5(2,3)4/h3-5H,1-2H3;2-4H,1H3,(H,13,14);(H2,1,2,3,4). The summed E-state index contributed by atoms with van der Waals surface area (Å²) >= 11 is 0. The van der Waals surface area contributed by atoms with Crippen LogP contribution in [0.25, 0.3) is 0 Å². The van der Waals surface area contributed by atoms with Gasteiger partial charge in [-0.2, -0.15) is 34.8 Å². The van der Waals surface area contributed by atoms with Crippen LogP contribution in [0.15, 0.2) is 36.4 Å². The van der Waals surface area contributed by atoms with Crippen molar-refractivity contribution in [3.63, 3.8) is 0 Å². The van der Waals surface area contributed by atoms with E-state index in [0.717, 1.165) is 18.2 Å². The van der Waals surface area contributed by atoms with E-state index >= 15 is 0 Å². The van der Waals surface area contributed by atoms with Crippen LogP contribution in [0.4, 0.5) is 26.3 Å². The van der Waals surface area contributed by atoms with Gasteiger partial charge in [0.1, 0.15) is 0 Å². The van der Waals surface area contributed by atoms with Crippen LogP contribution in [0, 0.1) is 13.8 Å². The van der Waals surface area contributed by atoms with E-state index in [1.165, 1.54) is 32.9 Å². The average Bonchev–Trinajstić information content (AvgIpc) is 2.59. The minimum Gasteiger partial charge on any atom is -0.478 e. The third kappa shape index (κ3) is 11.5. The van der Waals surface area contributed by atoms with E-state index in [9.17, 15) is 35.9 Å². The number of ketones is 1. The number of carbonyl (C=O) groups is 2. The highest BCUT2D eigenvalue weighted by atomic mass is 32.3. The second kappa shape index (κ2) is 11.2. The Labute approximate surface area is 184 Å². The van der Waals surface area contributed by atoms with Gasteiger partial charge in [-0.1, -0.05) is 18.2 Å². The minimum absolute atomic E-state index is 0.0162. The van der Waals surface area contributed by atoms with Crippen molar-refractivity contribution in [2.45, 2.75) is 33.1 Å². The van der Waals surface area contributed by atoms with E-state index in [2.05, 4.69) is 0 Å². The fraction of sp³-hybridized carbons (Fsp3) is 0.263. The predicted octanol–water partition coefficient (Wildman–Crippen LogP) is 5.28. The lowest BCUT2D eigenvalue weighted by Gasteiger charge is -2.10. The van der Waals surface area contributed by atoms with E-state index in [1.54, 1.807) is 0 Å². The fourth-order valence-corrected chi connectivity index (χ4v) is 2.21. The molecule has 2 aromatic carbocycles. The fourth-order valence-electron chi connectivity index (χ4n) is 2.21. The summed E-state index contributed by atoms with van der Waals surface area (Å²) < 4.78 is 106. The topological polar surface area (TPSA) is 129 Å². The van der Waals surface area contributed by atoms with Gasteiger partial charge in [-0.25, -0.2) is 4.79 Å². The summed E-state index contributed by atoms with van der Waals surface area (Å²) in [4.78, 5) is 21.3. The number of benzene rings is 2. The number of aromatic carboxylic acids is 1. The van der Waals surface area contributed by atoms with Gasteiger partial charge >= 0.3 is 28.7 Å². The van der Waals surface area contributed by atoms with Gasteiger partial charge in [0.2, 0.25) is 0 Å². The molecule has 0 aromatic heterocycles. The largest absolute Gasteiger partial charge is 0.478 e. The number of halogens is 6. The first-order valence-electron chi connectivity index (χ1n) is 8.44. The zero-order valence-electron chi connectivity index (χ0n) is 17.1. The van der Waals surface area contributed by atoms with Gasteiger partial charge in [-0.05, 0) is 50.1 Å². The van der Waals surface area contributed by atoms with Crippen molar-refractivity contribution < 1.29 is 58.6 Å². The summed E-state index contributed by atoms with van der Waals surface area (Å²) in [6, 6.07) is 6.51. The lowest BCUT2D eigenvalue weighted by atomic mass is 10.0. The van der Waals surface area contributed by atoms with Crippen LogP contribution in [0.3, 0.4) is 0 Å². The molecule has 33 heavy (non-hydrogen) atoms. The monoisotopic (exact) mass is 504 g/mol. The average molecular weight is 504 g/mol. The van der Waals surface area contributed by atoms with Crippen LogP contribution in [-0.2, 0) is 22.8 Å². The molecule has 2 aromatic rings. The first-order valence-corrected chi connectivity index (χ1v) is 9.84. The minimum atomic E-state index is -4.67. The van der Waals surface area contributed by atoms with Crippen LogP contribution in [0.5, 0.6) is 0 Å². The van der Waals surface area contributed by atoms with E-state index < -0.39 is 39.8 Å². The smallest absolute Gasteiger partial charge is 0.416 e. The number of alkyl halides is 6. The van der Waals surface area contributed by atoms with Gasteiger partial charge in [-0.15, -0.1) is 0 Å². The molecule has 184 valence electrons. The molecule has 0 radical (unpaired) electrons. The lowest BCUT2D eigenvalue weighted by molar-refractivity contribution is -0.138. The molecule has 2 rings (SSSR count). The van der Waals surface area contributed by atoms with Crippen molar-refractivity contribution >= 4 is 22.2 Å². The molecule has 0 aliphatic heterocycles. The first kappa shape index (κ1) is 30.0. The number of carbonyl (C=O) groups excluding carboxylic acids is 1. The van der Waals surface area contributed by atoms with Crippen LogP contribution in [0.2, 0.25) is 0 Å². The van der Waals surface area contributed by atoms with Gasteiger partial charge in [-0.3, -0.25) is 13.9 Å². The second-order valence-electron chi connectivity index (χ2n) is 6.36. The van der Waals surface area contributed by atoms with E-state index in [1.807, 2.05) is 0 Å². The van der Waals surface area contributed by atoms with Crippen molar-refractivity contribution in [3.05, 3.63) is 69.8 Å². The molecule has 0 aliphatic rings. The Morgan fingerprint density at radius 1 is 0.758 bits per heavy atom. The van der Waals surface area contributed by atoms with Crippen LogP contribution in [0.1, 0.15) is 49.9 Å². The molecule has 0 atom stereocenters. The quantitative estimate of drug-likeness (QED) is 0.288. The third-order valence-corrected chi connectivity index (χ3v) is 3.74. The summed E-state index contributed by atoms with van der Waals surface area (Å²) in [6.07, 6.45) is -8.90. The molecule has 0 saturated heterocycles. The van der Waals surface area contributed by atoms with Gasteiger partial charge in [0.15, 0.2) is 5.78 Å². The molecule has 0 spiro atoms. The highest BCUT2D eigenvalue weighted by Crippen LogP contribution is 2.33. The zero-order valence-corrected chi connectivity index (χ0v) is 17.9. The SMILES string of the molecule is CC(=O)c1ccc(C)c(C(F)(F)F)c1.Cc1ccc(C(=O)O)cc1C(F)(F)F.O=S(=O)(O)O. The second-order valence-corrected chi connectivity index (χ2v) is 7.26. The Hall–Kier alpha value is -2.97. The maximum Gasteiger partial charge on any atom is 0.416 e. The number of carboxylic acid groups (broad SMARTS) is 1. The zero-order chi connectivity index (χ0) is 26.4. The maximum absolute atomic E-state index is 12.4. The Bertz CT molecular complexity index is 1030. The number of hydrogen-bond acceptors (Lipinski definition) is 4. The summed E-state index contributed by atoms with van der Waals surface area (Å²) in [5, 5.41) is 8.50. The summed E-state index contributed by atoms with van der Waals surface area (Å²) in [5.41, 5.74) is -1.78. The number of rotatable bonds is 2. The molecule has 0 heterocycles. The van der Waals surface area contributed by atoms with Gasteiger partial charge in [0.25, 0.3) is 0 Å². The summed E-state index contributed by atoms with van der Waals surface area (Å²) in [6.45, 7) is 3.89. The molecule has 0 fully saturated rings. The van der Waals surface area contributed by atoms with Crippen LogP contribution in [-0.4, -0.2) is 34.4 Å². The normalized spacial score (nSPS) is 11.5. The van der Waals surface area contributed by atoms with E-state index in [4.69, 9.17) is 22.6 Å². The summed E-state index contributed by atoms with van der Waals surface area (Å²) in [7, 11) is -4.67. The van der Waals surface area contributed by atoms with Crippen molar-refractivity contribution in [3.8, 4) is 0 Å². The van der Waals surface area contributed by atoms with Crippen LogP contribution < -0.4 is 0 Å². The molecule has 3 N–H and O–H groups in total. The third-order valence-electron chi connectivity index (χ3n) is 3.74. The maximum atomic E-state index is 12.4. The van der Waals surface area contributed by atoms with Crippen LogP contribution >= 0.6 is 0 Å². The molecule has 0 aliphatic carbocycles. The van der Waals surface area contributed by atoms with Gasteiger partial charge in [0.05, 0.1) is 16.7 Å². The van der Waals surface area contributed by atoms with Crippen molar-refractivity contribution in [2.24, 2.45) is 0 Å².